The first kappa shape index (κ1) is 21.8. The van der Waals surface area contributed by atoms with E-state index in [0.717, 1.165) is 12.8 Å². The van der Waals surface area contributed by atoms with Gasteiger partial charge in [0.05, 0.1) is 12.0 Å². The average Bonchev–Trinajstić information content (AvgIpc) is 2.50. The van der Waals surface area contributed by atoms with Crippen molar-refractivity contribution >= 4 is 0 Å². The van der Waals surface area contributed by atoms with Crippen LogP contribution in [0.2, 0.25) is 0 Å². The molecular formula is C18H39NO3. The van der Waals surface area contributed by atoms with Gasteiger partial charge in [0, 0.05) is 0 Å². The van der Waals surface area contributed by atoms with Gasteiger partial charge in [-0.15, -0.1) is 0 Å². The molecule has 2 N–H and O–H groups in total. The molecule has 0 bridgehead atoms. The molecular weight excluding hydrogens is 278 g/mol. The van der Waals surface area contributed by atoms with Crippen LogP contribution in [0.4, 0.5) is 0 Å². The molecule has 134 valence electrons. The molecule has 0 aliphatic heterocycles. The molecule has 22 heavy (non-hydrogen) atoms. The Morgan fingerprint density at radius 3 is 1.18 bits per heavy atom. The van der Waals surface area contributed by atoms with E-state index in [1.165, 1.54) is 89.9 Å². The summed E-state index contributed by atoms with van der Waals surface area (Å²) in [6, 6.07) is 0. The lowest BCUT2D eigenvalue weighted by atomic mass is 10.0. The summed E-state index contributed by atoms with van der Waals surface area (Å²) in [7, 11) is 0. The first-order valence-corrected chi connectivity index (χ1v) is 9.58. The number of unbranched alkanes of at least 4 members (excludes halogenated alkanes) is 15. The van der Waals surface area contributed by atoms with E-state index in [1.54, 1.807) is 0 Å². The van der Waals surface area contributed by atoms with Crippen molar-refractivity contribution < 1.29 is 15.3 Å². The molecule has 0 spiro atoms. The maximum absolute atomic E-state index is 8.34. The summed E-state index contributed by atoms with van der Waals surface area (Å²) in [4.78, 5) is 4.51. The Bertz CT molecular complexity index is 201. The Morgan fingerprint density at radius 1 is 0.545 bits per heavy atom. The second-order valence-corrected chi connectivity index (χ2v) is 6.39. The Hall–Kier alpha value is -0.160. The molecule has 4 nitrogen and oxygen atoms in total. The van der Waals surface area contributed by atoms with Gasteiger partial charge in [-0.3, -0.25) is 15.3 Å². The molecule has 0 aromatic heterocycles. The largest absolute Gasteiger partial charge is 0.266 e. The summed E-state index contributed by atoms with van der Waals surface area (Å²) in [5.74, 6) is 0. The fraction of sp³-hybridized carbons (Fsp3) is 1.00. The van der Waals surface area contributed by atoms with Crippen LogP contribution >= 0.6 is 0 Å². The van der Waals surface area contributed by atoms with Crippen LogP contribution < -0.4 is 0 Å². The molecule has 0 radical (unpaired) electrons. The maximum atomic E-state index is 8.34. The Labute approximate surface area is 137 Å². The highest BCUT2D eigenvalue weighted by Gasteiger charge is 1.96. The average molecular weight is 318 g/mol. The van der Waals surface area contributed by atoms with Gasteiger partial charge >= 0.3 is 0 Å². The van der Waals surface area contributed by atoms with Crippen LogP contribution in [0.15, 0.2) is 0 Å². The van der Waals surface area contributed by atoms with Crippen LogP contribution in [0.5, 0.6) is 0 Å². The lowest BCUT2D eigenvalue weighted by molar-refractivity contribution is -0.492. The first-order chi connectivity index (χ1) is 10.8. The lowest BCUT2D eigenvalue weighted by Gasteiger charge is -2.06. The summed E-state index contributed by atoms with van der Waals surface area (Å²) >= 11 is 0. The minimum Gasteiger partial charge on any atom is -0.266 e. The Balaban J connectivity index is 2.94. The quantitative estimate of drug-likeness (QED) is 0.231. The number of nitrogens with zero attached hydrogens (tertiary/aromatic N) is 1. The highest BCUT2D eigenvalue weighted by Crippen LogP contribution is 2.13. The summed E-state index contributed by atoms with van der Waals surface area (Å²) < 4.78 is 0. The Morgan fingerprint density at radius 2 is 0.864 bits per heavy atom. The van der Waals surface area contributed by atoms with Crippen molar-refractivity contribution in [1.82, 2.24) is 5.39 Å². The van der Waals surface area contributed by atoms with Crippen molar-refractivity contribution in [2.45, 2.75) is 110 Å². The predicted octanol–water partition coefficient (Wildman–Crippen LogP) is 6.26. The second kappa shape index (κ2) is 18.9. The molecule has 0 aliphatic rings. The molecule has 0 aromatic rings. The van der Waals surface area contributed by atoms with Gasteiger partial charge in [0.1, 0.15) is 0 Å². The van der Waals surface area contributed by atoms with Gasteiger partial charge in [-0.1, -0.05) is 103 Å². The minimum atomic E-state index is -0.203. The number of rotatable bonds is 18. The summed E-state index contributed by atoms with van der Waals surface area (Å²) in [6.07, 6.45) is 21.4. The molecule has 0 aromatic carbocycles. The third kappa shape index (κ3) is 19.8. The highest BCUT2D eigenvalue weighted by atomic mass is 17.1. The number of hydrogen-bond donors (Lipinski definition) is 2. The van der Waals surface area contributed by atoms with E-state index < -0.39 is 0 Å². The van der Waals surface area contributed by atoms with Crippen molar-refractivity contribution in [3.8, 4) is 0 Å². The summed E-state index contributed by atoms with van der Waals surface area (Å²) in [6.45, 7) is 2.65. The lowest BCUT2D eigenvalue weighted by Crippen LogP contribution is -2.14. The smallest absolute Gasteiger partial charge is 0.0736 e. The normalized spacial score (nSPS) is 11.5. The second-order valence-electron chi connectivity index (χ2n) is 6.39. The molecule has 0 unspecified atom stereocenters. The van der Waals surface area contributed by atoms with Gasteiger partial charge in [-0.05, 0) is 6.42 Å². The van der Waals surface area contributed by atoms with Gasteiger partial charge in [-0.2, -0.15) is 0 Å². The monoisotopic (exact) mass is 317 g/mol. The SMILES string of the molecule is CCCCCCCCCCCCCCCCCCON(O)O. The zero-order chi connectivity index (χ0) is 16.3. The fourth-order valence-corrected chi connectivity index (χ4v) is 2.80. The van der Waals surface area contributed by atoms with Crippen molar-refractivity contribution in [3.63, 3.8) is 0 Å². The topological polar surface area (TPSA) is 52.9 Å². The van der Waals surface area contributed by atoms with Gasteiger partial charge in [0.15, 0.2) is 0 Å². The van der Waals surface area contributed by atoms with Crippen molar-refractivity contribution in [1.29, 1.82) is 0 Å². The number of hydrogen-bond acceptors (Lipinski definition) is 4. The van der Waals surface area contributed by atoms with Crippen molar-refractivity contribution in [2.24, 2.45) is 0 Å². The molecule has 0 saturated heterocycles. The van der Waals surface area contributed by atoms with Crippen LogP contribution in [-0.2, 0) is 4.84 Å². The third-order valence-corrected chi connectivity index (χ3v) is 4.20. The van der Waals surface area contributed by atoms with E-state index in [0.29, 0.717) is 6.61 Å². The Kier molecular flexibility index (Phi) is 18.8. The van der Waals surface area contributed by atoms with Crippen LogP contribution in [0.3, 0.4) is 0 Å². The molecule has 0 rings (SSSR count). The van der Waals surface area contributed by atoms with Gasteiger partial charge < -0.3 is 0 Å². The molecule has 0 atom stereocenters. The molecule has 0 amide bonds. The van der Waals surface area contributed by atoms with Gasteiger partial charge in [-0.25, -0.2) is 0 Å². The maximum Gasteiger partial charge on any atom is 0.0736 e. The molecule has 0 heterocycles. The van der Waals surface area contributed by atoms with Crippen LogP contribution in [0, 0.1) is 0 Å². The van der Waals surface area contributed by atoms with Crippen molar-refractivity contribution in [2.75, 3.05) is 6.61 Å². The fourth-order valence-electron chi connectivity index (χ4n) is 2.80. The summed E-state index contributed by atoms with van der Waals surface area (Å²) in [5.41, 5.74) is 0. The first-order valence-electron chi connectivity index (χ1n) is 9.58. The standard InChI is InChI=1S/C18H39NO3/c1-2-3-4-5-6-7-8-9-10-11-12-13-14-15-16-17-18-22-19(20)21/h20-21H,2-18H2,1H3. The zero-order valence-electron chi connectivity index (χ0n) is 14.8. The van der Waals surface area contributed by atoms with Crippen LogP contribution in [-0.4, -0.2) is 22.4 Å². The third-order valence-electron chi connectivity index (χ3n) is 4.20. The molecule has 0 saturated carbocycles. The van der Waals surface area contributed by atoms with Crippen LogP contribution in [0.25, 0.3) is 0 Å². The van der Waals surface area contributed by atoms with E-state index >= 15 is 0 Å². The molecule has 0 aliphatic carbocycles. The van der Waals surface area contributed by atoms with Crippen LogP contribution in [0.1, 0.15) is 110 Å². The van der Waals surface area contributed by atoms with E-state index in [4.69, 9.17) is 10.4 Å². The summed E-state index contributed by atoms with van der Waals surface area (Å²) in [5, 5.41) is 16.5. The zero-order valence-corrected chi connectivity index (χ0v) is 14.8. The predicted molar refractivity (Wildman–Crippen MR) is 90.9 cm³/mol. The van der Waals surface area contributed by atoms with E-state index in [-0.39, 0.29) is 5.39 Å². The molecule has 4 heteroatoms. The molecule has 0 fully saturated rings. The van der Waals surface area contributed by atoms with E-state index in [9.17, 15) is 0 Å². The minimum absolute atomic E-state index is 0.203. The highest BCUT2D eigenvalue weighted by molar-refractivity contribution is 4.49. The van der Waals surface area contributed by atoms with Crippen molar-refractivity contribution in [3.05, 3.63) is 0 Å². The van der Waals surface area contributed by atoms with Gasteiger partial charge in [0.2, 0.25) is 0 Å². The van der Waals surface area contributed by atoms with Gasteiger partial charge in [0.25, 0.3) is 0 Å². The van der Waals surface area contributed by atoms with E-state index in [2.05, 4.69) is 11.8 Å². The van der Waals surface area contributed by atoms with E-state index in [1.807, 2.05) is 0 Å².